The van der Waals surface area contributed by atoms with Gasteiger partial charge in [0.1, 0.15) is 5.82 Å². The Labute approximate surface area is 114 Å². The predicted octanol–water partition coefficient (Wildman–Crippen LogP) is 1.93. The van der Waals surface area contributed by atoms with Gasteiger partial charge in [0.2, 0.25) is 10.0 Å². The fraction of sp³-hybridized carbons (Fsp3) is 0.538. The maximum Gasteiger partial charge on any atom is 0.240 e. The standard InChI is InChI=1S/C13H21FN2O2S/c1-3-4-5-11(9-15)16-19(17,18)12-6-7-13(14)10(2)8-12/h6-8,11,16H,3-5,9,15H2,1-2H3. The molecule has 0 fully saturated rings. The summed E-state index contributed by atoms with van der Waals surface area (Å²) < 4.78 is 40.0. The molecular weight excluding hydrogens is 267 g/mol. The summed E-state index contributed by atoms with van der Waals surface area (Å²) in [6.45, 7) is 3.82. The fourth-order valence-corrected chi connectivity index (χ4v) is 3.12. The lowest BCUT2D eigenvalue weighted by Crippen LogP contribution is -2.40. The van der Waals surface area contributed by atoms with Crippen LogP contribution >= 0.6 is 0 Å². The number of unbranched alkanes of at least 4 members (excludes halogenated alkanes) is 1. The minimum Gasteiger partial charge on any atom is -0.329 e. The third-order valence-electron chi connectivity index (χ3n) is 2.95. The minimum absolute atomic E-state index is 0.0707. The van der Waals surface area contributed by atoms with Gasteiger partial charge >= 0.3 is 0 Å². The van der Waals surface area contributed by atoms with E-state index in [0.29, 0.717) is 12.0 Å². The van der Waals surface area contributed by atoms with Gasteiger partial charge < -0.3 is 5.73 Å². The Bertz CT molecular complexity index is 517. The first-order valence-electron chi connectivity index (χ1n) is 6.39. The molecule has 0 amide bonds. The van der Waals surface area contributed by atoms with Crippen molar-refractivity contribution in [3.8, 4) is 0 Å². The van der Waals surface area contributed by atoms with Crippen LogP contribution in [0.3, 0.4) is 0 Å². The van der Waals surface area contributed by atoms with Gasteiger partial charge in [-0.25, -0.2) is 17.5 Å². The SMILES string of the molecule is CCCCC(CN)NS(=O)(=O)c1ccc(F)c(C)c1. The van der Waals surface area contributed by atoms with Crippen LogP contribution in [0.1, 0.15) is 31.7 Å². The molecule has 1 aromatic rings. The third kappa shape index (κ3) is 4.56. The highest BCUT2D eigenvalue weighted by atomic mass is 32.2. The van der Waals surface area contributed by atoms with Crippen molar-refractivity contribution >= 4 is 10.0 Å². The molecule has 1 unspecified atom stereocenters. The van der Waals surface area contributed by atoms with Crippen molar-refractivity contribution in [1.29, 1.82) is 0 Å². The monoisotopic (exact) mass is 288 g/mol. The lowest BCUT2D eigenvalue weighted by atomic mass is 10.1. The summed E-state index contributed by atoms with van der Waals surface area (Å²) in [6, 6.07) is 3.46. The summed E-state index contributed by atoms with van der Waals surface area (Å²) in [5, 5.41) is 0. The van der Waals surface area contributed by atoms with Gasteiger partial charge in [-0.1, -0.05) is 19.8 Å². The maximum absolute atomic E-state index is 13.1. The summed E-state index contributed by atoms with van der Waals surface area (Å²) in [5.41, 5.74) is 5.87. The number of hydrogen-bond donors (Lipinski definition) is 2. The van der Waals surface area contributed by atoms with Crippen molar-refractivity contribution in [2.24, 2.45) is 5.73 Å². The molecule has 0 saturated heterocycles. The molecule has 0 bridgehead atoms. The number of hydrogen-bond acceptors (Lipinski definition) is 3. The number of aryl methyl sites for hydroxylation is 1. The molecule has 1 atom stereocenters. The summed E-state index contributed by atoms with van der Waals surface area (Å²) >= 11 is 0. The van der Waals surface area contributed by atoms with Crippen LogP contribution in [0.25, 0.3) is 0 Å². The first kappa shape index (κ1) is 16.1. The second-order valence-electron chi connectivity index (χ2n) is 4.61. The van der Waals surface area contributed by atoms with E-state index in [0.717, 1.165) is 18.9 Å². The maximum atomic E-state index is 13.1. The van der Waals surface area contributed by atoms with E-state index in [2.05, 4.69) is 4.72 Å². The zero-order chi connectivity index (χ0) is 14.5. The van der Waals surface area contributed by atoms with E-state index in [1.165, 1.54) is 19.1 Å². The fourth-order valence-electron chi connectivity index (χ4n) is 1.75. The van der Waals surface area contributed by atoms with Crippen LogP contribution in [0.4, 0.5) is 4.39 Å². The summed E-state index contributed by atoms with van der Waals surface area (Å²) in [7, 11) is -3.64. The Balaban J connectivity index is 2.87. The third-order valence-corrected chi connectivity index (χ3v) is 4.47. The van der Waals surface area contributed by atoms with E-state index in [1.807, 2.05) is 6.92 Å². The van der Waals surface area contributed by atoms with Gasteiger partial charge in [-0.3, -0.25) is 0 Å². The normalized spacial score (nSPS) is 13.5. The van der Waals surface area contributed by atoms with Crippen molar-refractivity contribution in [2.45, 2.75) is 44.0 Å². The molecule has 6 heteroatoms. The molecule has 19 heavy (non-hydrogen) atoms. The first-order chi connectivity index (χ1) is 8.90. The molecule has 0 spiro atoms. The summed E-state index contributed by atoms with van der Waals surface area (Å²) in [5.74, 6) is -0.416. The number of nitrogens with one attached hydrogen (secondary N) is 1. The van der Waals surface area contributed by atoms with Crippen LogP contribution in [0.5, 0.6) is 0 Å². The largest absolute Gasteiger partial charge is 0.329 e. The van der Waals surface area contributed by atoms with E-state index < -0.39 is 15.8 Å². The van der Waals surface area contributed by atoms with Crippen LogP contribution in [0.2, 0.25) is 0 Å². The van der Waals surface area contributed by atoms with Crippen LogP contribution in [0.15, 0.2) is 23.1 Å². The van der Waals surface area contributed by atoms with E-state index in [-0.39, 0.29) is 17.5 Å². The highest BCUT2D eigenvalue weighted by Crippen LogP contribution is 2.15. The van der Waals surface area contributed by atoms with Crippen molar-refractivity contribution in [3.05, 3.63) is 29.6 Å². The highest BCUT2D eigenvalue weighted by molar-refractivity contribution is 7.89. The van der Waals surface area contributed by atoms with Crippen molar-refractivity contribution < 1.29 is 12.8 Å². The molecule has 0 aromatic heterocycles. The molecule has 1 rings (SSSR count). The van der Waals surface area contributed by atoms with Crippen LogP contribution in [0, 0.1) is 12.7 Å². The van der Waals surface area contributed by atoms with Crippen LogP contribution < -0.4 is 10.5 Å². The molecule has 0 heterocycles. The molecule has 0 aliphatic heterocycles. The first-order valence-corrected chi connectivity index (χ1v) is 7.87. The van der Waals surface area contributed by atoms with Crippen molar-refractivity contribution in [1.82, 2.24) is 4.72 Å². The van der Waals surface area contributed by atoms with Crippen molar-refractivity contribution in [3.63, 3.8) is 0 Å². The average molecular weight is 288 g/mol. The lowest BCUT2D eigenvalue weighted by molar-refractivity contribution is 0.516. The van der Waals surface area contributed by atoms with Gasteiger partial charge in [0.15, 0.2) is 0 Å². The zero-order valence-electron chi connectivity index (χ0n) is 11.3. The number of rotatable bonds is 7. The molecule has 0 radical (unpaired) electrons. The van der Waals surface area contributed by atoms with E-state index in [9.17, 15) is 12.8 Å². The van der Waals surface area contributed by atoms with Gasteiger partial charge in [0.05, 0.1) is 4.90 Å². The lowest BCUT2D eigenvalue weighted by Gasteiger charge is -2.16. The van der Waals surface area contributed by atoms with Crippen molar-refractivity contribution in [2.75, 3.05) is 6.54 Å². The van der Waals surface area contributed by atoms with Gasteiger partial charge in [0, 0.05) is 12.6 Å². The number of nitrogens with two attached hydrogens (primary N) is 1. The Morgan fingerprint density at radius 2 is 2.11 bits per heavy atom. The molecule has 0 aliphatic carbocycles. The van der Waals surface area contributed by atoms with Gasteiger partial charge in [-0.15, -0.1) is 0 Å². The van der Waals surface area contributed by atoms with E-state index >= 15 is 0 Å². The second kappa shape index (κ2) is 6.98. The Morgan fingerprint density at radius 3 is 2.63 bits per heavy atom. The molecular formula is C13H21FN2O2S. The molecule has 3 N–H and O–H groups in total. The quantitative estimate of drug-likeness (QED) is 0.805. The minimum atomic E-state index is -3.64. The Kier molecular flexibility index (Phi) is 5.90. The van der Waals surface area contributed by atoms with Gasteiger partial charge in [-0.2, -0.15) is 0 Å². The van der Waals surface area contributed by atoms with E-state index in [4.69, 9.17) is 5.73 Å². The molecule has 0 saturated carbocycles. The van der Waals surface area contributed by atoms with Gasteiger partial charge in [-0.05, 0) is 37.1 Å². The Hall–Kier alpha value is -0.980. The predicted molar refractivity (Wildman–Crippen MR) is 73.8 cm³/mol. The number of benzene rings is 1. The molecule has 4 nitrogen and oxygen atoms in total. The zero-order valence-corrected chi connectivity index (χ0v) is 12.1. The molecule has 108 valence electrons. The topological polar surface area (TPSA) is 72.2 Å². The smallest absolute Gasteiger partial charge is 0.240 e. The summed E-state index contributed by atoms with van der Waals surface area (Å²) in [4.78, 5) is 0.0707. The second-order valence-corrected chi connectivity index (χ2v) is 6.32. The van der Waals surface area contributed by atoms with E-state index in [1.54, 1.807) is 0 Å². The highest BCUT2D eigenvalue weighted by Gasteiger charge is 2.19. The molecule has 1 aromatic carbocycles. The molecule has 0 aliphatic rings. The number of halogens is 1. The summed E-state index contributed by atoms with van der Waals surface area (Å²) in [6.07, 6.45) is 2.59. The van der Waals surface area contributed by atoms with Gasteiger partial charge in [0.25, 0.3) is 0 Å². The van der Waals surface area contributed by atoms with Crippen LogP contribution in [-0.2, 0) is 10.0 Å². The average Bonchev–Trinajstić information content (AvgIpc) is 2.37. The van der Waals surface area contributed by atoms with Crippen LogP contribution in [-0.4, -0.2) is 21.0 Å². The Morgan fingerprint density at radius 1 is 1.42 bits per heavy atom. The number of sulfonamides is 1.